The van der Waals surface area contributed by atoms with Crippen molar-refractivity contribution in [3.8, 4) is 0 Å². The van der Waals surface area contributed by atoms with Gasteiger partial charge >= 0.3 is 0 Å². The number of nitrogens with two attached hydrogens (primary N) is 1. The van der Waals surface area contributed by atoms with Gasteiger partial charge in [-0.3, -0.25) is 4.72 Å². The fraction of sp³-hybridized carbons (Fsp3) is 0.0833. The Hall–Kier alpha value is -1.79. The molecule has 0 spiro atoms. The molecule has 0 bridgehead atoms. The van der Waals surface area contributed by atoms with Gasteiger partial charge in [-0.25, -0.2) is 13.4 Å². The number of nitrogens with one attached hydrogen (secondary N) is 1. The number of halogens is 1. The van der Waals surface area contributed by atoms with Gasteiger partial charge in [-0.1, -0.05) is 17.7 Å². The number of pyridine rings is 1. The molecule has 0 unspecified atom stereocenters. The highest BCUT2D eigenvalue weighted by atomic mass is 35.5. The lowest BCUT2D eigenvalue weighted by Crippen LogP contribution is -2.14. The zero-order valence-electron chi connectivity index (χ0n) is 10.1. The number of aryl methyl sites for hydroxylation is 1. The molecule has 2 rings (SSSR count). The van der Waals surface area contributed by atoms with E-state index in [1.807, 2.05) is 0 Å². The maximum absolute atomic E-state index is 12.2. The topological polar surface area (TPSA) is 85.1 Å². The molecule has 0 aliphatic carbocycles. The normalized spacial score (nSPS) is 11.3. The van der Waals surface area contributed by atoms with Gasteiger partial charge in [-0.15, -0.1) is 0 Å². The summed E-state index contributed by atoms with van der Waals surface area (Å²) in [5, 5.41) is 0.362. The van der Waals surface area contributed by atoms with Crippen LogP contribution in [0.4, 0.5) is 11.5 Å². The van der Waals surface area contributed by atoms with Crippen LogP contribution in [0, 0.1) is 6.92 Å². The lowest BCUT2D eigenvalue weighted by Gasteiger charge is -2.10. The molecule has 0 saturated carbocycles. The van der Waals surface area contributed by atoms with Crippen molar-refractivity contribution >= 4 is 33.1 Å². The van der Waals surface area contributed by atoms with Crippen molar-refractivity contribution in [1.82, 2.24) is 4.98 Å². The molecule has 1 heterocycles. The lowest BCUT2D eigenvalue weighted by atomic mass is 10.2. The number of aromatic nitrogens is 1. The van der Waals surface area contributed by atoms with Crippen LogP contribution in [0.2, 0.25) is 5.02 Å². The van der Waals surface area contributed by atoms with Gasteiger partial charge < -0.3 is 5.73 Å². The van der Waals surface area contributed by atoms with Gasteiger partial charge in [0.05, 0.1) is 16.8 Å². The molecular formula is C12H12ClN3O2S. The molecule has 7 heteroatoms. The smallest absolute Gasteiger partial charge is 0.262 e. The second kappa shape index (κ2) is 5.07. The van der Waals surface area contributed by atoms with Crippen molar-refractivity contribution in [3.05, 3.63) is 47.1 Å². The third-order valence-corrected chi connectivity index (χ3v) is 4.24. The minimum absolute atomic E-state index is 0.136. The molecule has 2 aromatic rings. The summed E-state index contributed by atoms with van der Waals surface area (Å²) in [5.41, 5.74) is 6.39. The Kier molecular flexibility index (Phi) is 3.64. The molecule has 0 fully saturated rings. The molecule has 1 aromatic heterocycles. The quantitative estimate of drug-likeness (QED) is 0.911. The summed E-state index contributed by atoms with van der Waals surface area (Å²) in [7, 11) is -3.69. The molecule has 0 radical (unpaired) electrons. The minimum Gasteiger partial charge on any atom is -0.384 e. The molecule has 100 valence electrons. The maximum atomic E-state index is 12.2. The fourth-order valence-corrected chi connectivity index (χ4v) is 3.09. The molecule has 1 aromatic carbocycles. The number of rotatable bonds is 3. The fourth-order valence-electron chi connectivity index (χ4n) is 1.54. The van der Waals surface area contributed by atoms with E-state index in [4.69, 9.17) is 17.3 Å². The van der Waals surface area contributed by atoms with E-state index in [0.29, 0.717) is 22.1 Å². The molecule has 0 aliphatic rings. The van der Waals surface area contributed by atoms with Gasteiger partial charge in [0.2, 0.25) is 0 Å². The van der Waals surface area contributed by atoms with E-state index in [9.17, 15) is 8.42 Å². The van der Waals surface area contributed by atoms with Crippen LogP contribution < -0.4 is 10.5 Å². The zero-order valence-corrected chi connectivity index (χ0v) is 11.7. The van der Waals surface area contributed by atoms with Crippen LogP contribution in [0.1, 0.15) is 5.56 Å². The number of anilines is 2. The number of nitrogen functional groups attached to an aromatic ring is 1. The summed E-state index contributed by atoms with van der Waals surface area (Å²) in [6.07, 6.45) is 1.35. The van der Waals surface area contributed by atoms with Crippen molar-refractivity contribution in [2.24, 2.45) is 0 Å². The third-order valence-electron chi connectivity index (χ3n) is 2.48. The molecular weight excluding hydrogens is 286 g/mol. The number of nitrogens with zero attached hydrogens (tertiary/aromatic N) is 1. The van der Waals surface area contributed by atoms with Crippen LogP contribution in [0.25, 0.3) is 0 Å². The maximum Gasteiger partial charge on any atom is 0.262 e. The van der Waals surface area contributed by atoms with E-state index in [2.05, 4.69) is 9.71 Å². The van der Waals surface area contributed by atoms with Crippen molar-refractivity contribution in [3.63, 3.8) is 0 Å². The van der Waals surface area contributed by atoms with Gasteiger partial charge in [-0.2, -0.15) is 0 Å². The highest BCUT2D eigenvalue weighted by molar-refractivity contribution is 7.92. The highest BCUT2D eigenvalue weighted by Gasteiger charge is 2.17. The lowest BCUT2D eigenvalue weighted by molar-refractivity contribution is 0.600. The summed E-state index contributed by atoms with van der Waals surface area (Å²) < 4.78 is 26.9. The number of sulfonamides is 1. The Morgan fingerprint density at radius 1 is 1.26 bits per heavy atom. The molecule has 5 nitrogen and oxygen atoms in total. The largest absolute Gasteiger partial charge is 0.384 e. The molecule has 0 amide bonds. The van der Waals surface area contributed by atoms with E-state index in [1.54, 1.807) is 25.1 Å². The van der Waals surface area contributed by atoms with Crippen LogP contribution in [-0.4, -0.2) is 13.4 Å². The average Bonchev–Trinajstić information content (AvgIpc) is 2.35. The third kappa shape index (κ3) is 3.15. The van der Waals surface area contributed by atoms with Crippen molar-refractivity contribution in [1.29, 1.82) is 0 Å². The van der Waals surface area contributed by atoms with E-state index in [-0.39, 0.29) is 4.90 Å². The zero-order chi connectivity index (χ0) is 14.0. The second-order valence-corrected chi connectivity index (χ2v) is 6.07. The molecule has 19 heavy (non-hydrogen) atoms. The first-order valence-corrected chi connectivity index (χ1v) is 7.25. The van der Waals surface area contributed by atoms with Crippen LogP contribution >= 0.6 is 11.6 Å². The molecule has 0 atom stereocenters. The van der Waals surface area contributed by atoms with Crippen LogP contribution in [0.5, 0.6) is 0 Å². The SMILES string of the molecule is Cc1ccc(Cl)cc1S(=O)(=O)Nc1ccc(N)nc1. The van der Waals surface area contributed by atoms with E-state index < -0.39 is 10.0 Å². The standard InChI is InChI=1S/C12H12ClN3O2S/c1-8-2-3-9(13)6-11(8)19(17,18)16-10-4-5-12(14)15-7-10/h2-7,16H,1H3,(H2,14,15). The Balaban J connectivity index is 2.37. The van der Waals surface area contributed by atoms with Crippen LogP contribution in [-0.2, 0) is 10.0 Å². The number of benzene rings is 1. The molecule has 3 N–H and O–H groups in total. The number of hydrogen-bond donors (Lipinski definition) is 2. The monoisotopic (exact) mass is 297 g/mol. The van der Waals surface area contributed by atoms with E-state index >= 15 is 0 Å². The Morgan fingerprint density at radius 2 is 2.00 bits per heavy atom. The Bertz CT molecular complexity index is 699. The van der Waals surface area contributed by atoms with Gasteiger partial charge in [-0.05, 0) is 36.8 Å². The summed E-state index contributed by atoms with van der Waals surface area (Å²) in [4.78, 5) is 3.96. The first kappa shape index (κ1) is 13.6. The van der Waals surface area contributed by atoms with Crippen molar-refractivity contribution in [2.45, 2.75) is 11.8 Å². The van der Waals surface area contributed by atoms with Crippen LogP contribution in [0.15, 0.2) is 41.4 Å². The van der Waals surface area contributed by atoms with Gasteiger partial charge in [0, 0.05) is 5.02 Å². The number of hydrogen-bond acceptors (Lipinski definition) is 4. The van der Waals surface area contributed by atoms with E-state index in [1.165, 1.54) is 18.3 Å². The van der Waals surface area contributed by atoms with Gasteiger partial charge in [0.1, 0.15) is 5.82 Å². The van der Waals surface area contributed by atoms with Crippen molar-refractivity contribution in [2.75, 3.05) is 10.5 Å². The highest BCUT2D eigenvalue weighted by Crippen LogP contribution is 2.22. The first-order chi connectivity index (χ1) is 8.88. The Morgan fingerprint density at radius 3 is 2.63 bits per heavy atom. The van der Waals surface area contributed by atoms with Crippen LogP contribution in [0.3, 0.4) is 0 Å². The first-order valence-electron chi connectivity index (χ1n) is 5.39. The predicted molar refractivity (Wildman–Crippen MR) is 75.6 cm³/mol. The van der Waals surface area contributed by atoms with Crippen molar-refractivity contribution < 1.29 is 8.42 Å². The average molecular weight is 298 g/mol. The Labute approximate surface area is 116 Å². The van der Waals surface area contributed by atoms with Gasteiger partial charge in [0.25, 0.3) is 10.0 Å². The molecule has 0 aliphatic heterocycles. The summed E-state index contributed by atoms with van der Waals surface area (Å²) >= 11 is 5.83. The summed E-state index contributed by atoms with van der Waals surface area (Å²) in [5.74, 6) is 0.321. The van der Waals surface area contributed by atoms with E-state index in [0.717, 1.165) is 0 Å². The second-order valence-electron chi connectivity index (χ2n) is 3.99. The minimum atomic E-state index is -3.69. The molecule has 0 saturated heterocycles. The summed E-state index contributed by atoms with van der Waals surface area (Å²) in [6, 6.07) is 7.76. The predicted octanol–water partition coefficient (Wildman–Crippen LogP) is 2.43. The summed E-state index contributed by atoms with van der Waals surface area (Å²) in [6.45, 7) is 1.70. The van der Waals surface area contributed by atoms with Gasteiger partial charge in [0.15, 0.2) is 0 Å².